The first-order chi connectivity index (χ1) is 7.90. The average molecular weight is 233 g/mol. The van der Waals surface area contributed by atoms with Crippen LogP contribution in [0.3, 0.4) is 0 Å². The van der Waals surface area contributed by atoms with E-state index < -0.39 is 0 Å². The van der Waals surface area contributed by atoms with E-state index >= 15 is 0 Å². The van der Waals surface area contributed by atoms with Crippen molar-refractivity contribution in [1.29, 1.82) is 0 Å². The van der Waals surface area contributed by atoms with E-state index in [0.29, 0.717) is 0 Å². The topological polar surface area (TPSA) is 37.8 Å². The predicted molar refractivity (Wildman–Crippen MR) is 66.3 cm³/mol. The molecular formula is C12H15N3S. The molecule has 0 saturated heterocycles. The Hall–Kier alpha value is -1.26. The molecule has 84 valence electrons. The molecule has 0 aliphatic heterocycles. The van der Waals surface area contributed by atoms with Gasteiger partial charge in [0.2, 0.25) is 0 Å². The van der Waals surface area contributed by atoms with Crippen LogP contribution in [0.4, 0.5) is 0 Å². The zero-order valence-electron chi connectivity index (χ0n) is 9.31. The van der Waals surface area contributed by atoms with Crippen molar-refractivity contribution in [3.63, 3.8) is 0 Å². The molecule has 0 bridgehead atoms. The minimum absolute atomic E-state index is 0.821. The first-order valence-corrected chi connectivity index (χ1v) is 6.29. The smallest absolute Gasteiger partial charge is 0.0794 e. The van der Waals surface area contributed by atoms with Gasteiger partial charge in [0.15, 0.2) is 0 Å². The number of rotatable bonds is 5. The second-order valence-electron chi connectivity index (χ2n) is 3.53. The maximum absolute atomic E-state index is 4.39. The Balaban J connectivity index is 1.89. The first kappa shape index (κ1) is 11.2. The summed E-state index contributed by atoms with van der Waals surface area (Å²) in [6, 6.07) is 4.13. The molecule has 0 unspecified atom stereocenters. The summed E-state index contributed by atoms with van der Waals surface area (Å²) in [5.41, 5.74) is 4.32. The van der Waals surface area contributed by atoms with Gasteiger partial charge in [-0.15, -0.1) is 11.3 Å². The summed E-state index contributed by atoms with van der Waals surface area (Å²) < 4.78 is 0. The van der Waals surface area contributed by atoms with E-state index in [1.165, 1.54) is 10.4 Å². The summed E-state index contributed by atoms with van der Waals surface area (Å²) in [6.07, 6.45) is 4.78. The number of pyridine rings is 1. The maximum Gasteiger partial charge on any atom is 0.0794 e. The summed E-state index contributed by atoms with van der Waals surface area (Å²) in [4.78, 5) is 9.70. The second kappa shape index (κ2) is 5.72. The van der Waals surface area contributed by atoms with Crippen LogP contribution in [-0.4, -0.2) is 9.97 Å². The van der Waals surface area contributed by atoms with Crippen molar-refractivity contribution in [1.82, 2.24) is 15.3 Å². The molecule has 0 aromatic carbocycles. The van der Waals surface area contributed by atoms with Gasteiger partial charge in [0.1, 0.15) is 0 Å². The SMILES string of the molecule is CCc1cccnc1CNCc1cncs1. The van der Waals surface area contributed by atoms with Gasteiger partial charge in [0, 0.05) is 30.4 Å². The zero-order chi connectivity index (χ0) is 11.2. The van der Waals surface area contributed by atoms with Gasteiger partial charge in [0.25, 0.3) is 0 Å². The van der Waals surface area contributed by atoms with Crippen LogP contribution in [0.1, 0.15) is 23.1 Å². The maximum atomic E-state index is 4.39. The van der Waals surface area contributed by atoms with Gasteiger partial charge in [-0.2, -0.15) is 0 Å². The van der Waals surface area contributed by atoms with Crippen LogP contribution in [-0.2, 0) is 19.5 Å². The Morgan fingerprint density at radius 1 is 1.38 bits per heavy atom. The van der Waals surface area contributed by atoms with Gasteiger partial charge in [-0.1, -0.05) is 13.0 Å². The minimum atomic E-state index is 0.821. The third-order valence-corrected chi connectivity index (χ3v) is 3.22. The van der Waals surface area contributed by atoms with Gasteiger partial charge < -0.3 is 5.32 Å². The van der Waals surface area contributed by atoms with Crippen LogP contribution < -0.4 is 5.32 Å². The van der Waals surface area contributed by atoms with Gasteiger partial charge in [-0.3, -0.25) is 9.97 Å². The lowest BCUT2D eigenvalue weighted by Gasteiger charge is -2.06. The Bertz CT molecular complexity index is 426. The van der Waals surface area contributed by atoms with Gasteiger partial charge in [-0.25, -0.2) is 0 Å². The Morgan fingerprint density at radius 3 is 3.06 bits per heavy atom. The third kappa shape index (κ3) is 2.87. The number of nitrogens with zero attached hydrogens (tertiary/aromatic N) is 2. The Kier molecular flexibility index (Phi) is 4.02. The number of hydrogen-bond acceptors (Lipinski definition) is 4. The number of thiazole rings is 1. The van der Waals surface area contributed by atoms with E-state index in [-0.39, 0.29) is 0 Å². The summed E-state index contributed by atoms with van der Waals surface area (Å²) in [5, 5.41) is 3.39. The van der Waals surface area contributed by atoms with Crippen molar-refractivity contribution in [3.05, 3.63) is 46.2 Å². The summed E-state index contributed by atoms with van der Waals surface area (Å²) in [7, 11) is 0. The summed E-state index contributed by atoms with van der Waals surface area (Å²) in [5.74, 6) is 0. The molecule has 0 saturated carbocycles. The molecule has 2 rings (SSSR count). The van der Waals surface area contributed by atoms with Crippen LogP contribution in [0.25, 0.3) is 0 Å². The van der Waals surface area contributed by atoms with Crippen molar-refractivity contribution in [3.8, 4) is 0 Å². The third-order valence-electron chi connectivity index (χ3n) is 2.44. The highest BCUT2D eigenvalue weighted by Crippen LogP contribution is 2.07. The van der Waals surface area contributed by atoms with Crippen molar-refractivity contribution in [2.75, 3.05) is 0 Å². The number of nitrogens with one attached hydrogen (secondary N) is 1. The highest BCUT2D eigenvalue weighted by atomic mass is 32.1. The van der Waals surface area contributed by atoms with E-state index in [2.05, 4.69) is 28.3 Å². The van der Waals surface area contributed by atoms with E-state index in [0.717, 1.165) is 25.2 Å². The predicted octanol–water partition coefficient (Wildman–Crippen LogP) is 2.39. The molecular weight excluding hydrogens is 218 g/mol. The second-order valence-corrected chi connectivity index (χ2v) is 4.50. The van der Waals surface area contributed by atoms with E-state index in [9.17, 15) is 0 Å². The normalized spacial score (nSPS) is 10.6. The first-order valence-electron chi connectivity index (χ1n) is 5.41. The fraction of sp³-hybridized carbons (Fsp3) is 0.333. The highest BCUT2D eigenvalue weighted by Gasteiger charge is 2.01. The van der Waals surface area contributed by atoms with Crippen LogP contribution >= 0.6 is 11.3 Å². The molecule has 3 nitrogen and oxygen atoms in total. The Morgan fingerprint density at radius 2 is 2.31 bits per heavy atom. The lowest BCUT2D eigenvalue weighted by atomic mass is 10.1. The molecule has 1 N–H and O–H groups in total. The van der Waals surface area contributed by atoms with Gasteiger partial charge in [-0.05, 0) is 18.1 Å². The minimum Gasteiger partial charge on any atom is -0.306 e. The molecule has 0 aliphatic rings. The number of aromatic nitrogens is 2. The van der Waals surface area contributed by atoms with Gasteiger partial charge in [0.05, 0.1) is 11.2 Å². The molecule has 4 heteroatoms. The van der Waals surface area contributed by atoms with E-state index in [1.807, 2.05) is 24.0 Å². The number of aryl methyl sites for hydroxylation is 1. The van der Waals surface area contributed by atoms with Crippen LogP contribution in [0.15, 0.2) is 30.0 Å². The standard InChI is InChI=1S/C12H15N3S/c1-2-10-4-3-5-15-12(10)8-13-6-11-7-14-9-16-11/h3-5,7,9,13H,2,6,8H2,1H3. The lowest BCUT2D eigenvalue weighted by Crippen LogP contribution is -2.14. The largest absolute Gasteiger partial charge is 0.306 e. The average Bonchev–Trinajstić information content (AvgIpc) is 2.83. The molecule has 2 aromatic heterocycles. The number of hydrogen-bond donors (Lipinski definition) is 1. The zero-order valence-corrected chi connectivity index (χ0v) is 10.1. The summed E-state index contributed by atoms with van der Waals surface area (Å²) >= 11 is 1.67. The lowest BCUT2D eigenvalue weighted by molar-refractivity contribution is 0.679. The van der Waals surface area contributed by atoms with E-state index in [4.69, 9.17) is 0 Å². The van der Waals surface area contributed by atoms with Crippen molar-refractivity contribution < 1.29 is 0 Å². The molecule has 2 aromatic rings. The van der Waals surface area contributed by atoms with E-state index in [1.54, 1.807) is 11.3 Å². The molecule has 0 fully saturated rings. The molecule has 0 atom stereocenters. The Labute approximate surface area is 99.6 Å². The molecule has 0 spiro atoms. The fourth-order valence-corrected chi connectivity index (χ4v) is 2.15. The fourth-order valence-electron chi connectivity index (χ4n) is 1.59. The molecule has 0 radical (unpaired) electrons. The van der Waals surface area contributed by atoms with Crippen molar-refractivity contribution in [2.24, 2.45) is 0 Å². The highest BCUT2D eigenvalue weighted by molar-refractivity contribution is 7.09. The molecule has 0 amide bonds. The van der Waals surface area contributed by atoms with Crippen molar-refractivity contribution >= 4 is 11.3 Å². The monoisotopic (exact) mass is 233 g/mol. The van der Waals surface area contributed by atoms with Crippen LogP contribution in [0, 0.1) is 0 Å². The molecule has 0 aliphatic carbocycles. The van der Waals surface area contributed by atoms with Crippen LogP contribution in [0.2, 0.25) is 0 Å². The van der Waals surface area contributed by atoms with Crippen molar-refractivity contribution in [2.45, 2.75) is 26.4 Å². The summed E-state index contributed by atoms with van der Waals surface area (Å²) in [6.45, 7) is 3.84. The quantitative estimate of drug-likeness (QED) is 0.861. The van der Waals surface area contributed by atoms with Crippen LogP contribution in [0.5, 0.6) is 0 Å². The molecule has 16 heavy (non-hydrogen) atoms. The van der Waals surface area contributed by atoms with Gasteiger partial charge >= 0.3 is 0 Å². The molecule has 2 heterocycles.